The van der Waals surface area contributed by atoms with Crippen molar-refractivity contribution in [3.63, 3.8) is 0 Å². The highest BCUT2D eigenvalue weighted by atomic mass is 19.1. The van der Waals surface area contributed by atoms with Gasteiger partial charge in [0.05, 0.1) is 0 Å². The number of halogens is 1. The zero-order valence-electron chi connectivity index (χ0n) is 10.2. The van der Waals surface area contributed by atoms with Crippen molar-refractivity contribution in [2.24, 2.45) is 0 Å². The van der Waals surface area contributed by atoms with Crippen molar-refractivity contribution >= 4 is 0 Å². The molecule has 0 spiro atoms. The van der Waals surface area contributed by atoms with Crippen LogP contribution in [0.5, 0.6) is 0 Å². The molecule has 0 unspecified atom stereocenters. The van der Waals surface area contributed by atoms with Crippen LogP contribution in [0.3, 0.4) is 0 Å². The Hall–Kier alpha value is -1.68. The monoisotopic (exact) mass is 246 g/mol. The van der Waals surface area contributed by atoms with Crippen LogP contribution in [0.2, 0.25) is 0 Å². The third kappa shape index (κ3) is 2.29. The van der Waals surface area contributed by atoms with Crippen molar-refractivity contribution in [2.45, 2.75) is 32.4 Å². The first-order chi connectivity index (χ1) is 8.74. The van der Waals surface area contributed by atoms with Crippen LogP contribution in [-0.2, 0) is 6.54 Å². The van der Waals surface area contributed by atoms with E-state index in [1.54, 1.807) is 12.1 Å². The average Bonchev–Trinajstić information content (AvgIpc) is 3.13. The van der Waals surface area contributed by atoms with E-state index in [-0.39, 0.29) is 5.82 Å². The third-order valence-corrected chi connectivity index (χ3v) is 3.26. The van der Waals surface area contributed by atoms with Gasteiger partial charge in [-0.15, -0.1) is 0 Å². The predicted molar refractivity (Wildman–Crippen MR) is 66.5 cm³/mol. The van der Waals surface area contributed by atoms with E-state index in [9.17, 15) is 4.39 Å². The Morgan fingerprint density at radius 2 is 2.06 bits per heavy atom. The second kappa shape index (κ2) is 4.53. The zero-order chi connectivity index (χ0) is 12.5. The molecule has 1 aliphatic carbocycles. The van der Waals surface area contributed by atoms with Gasteiger partial charge in [-0.3, -0.25) is 0 Å². The summed E-state index contributed by atoms with van der Waals surface area (Å²) in [6, 6.07) is 6.93. The van der Waals surface area contributed by atoms with Crippen molar-refractivity contribution < 1.29 is 8.91 Å². The van der Waals surface area contributed by atoms with Crippen LogP contribution in [0.25, 0.3) is 11.3 Å². The molecule has 0 saturated heterocycles. The summed E-state index contributed by atoms with van der Waals surface area (Å²) < 4.78 is 18.2. The largest absolute Gasteiger partial charge is 0.356 e. The van der Waals surface area contributed by atoms with Crippen LogP contribution in [0, 0.1) is 12.7 Å². The minimum absolute atomic E-state index is 0.244. The minimum atomic E-state index is -0.244. The molecule has 4 heteroatoms. The molecule has 0 atom stereocenters. The fourth-order valence-electron chi connectivity index (χ4n) is 1.93. The molecule has 1 aromatic heterocycles. The lowest BCUT2D eigenvalue weighted by Gasteiger charge is -2.00. The number of benzene rings is 1. The van der Waals surface area contributed by atoms with Crippen molar-refractivity contribution in [2.75, 3.05) is 0 Å². The van der Waals surface area contributed by atoms with Crippen LogP contribution in [0.4, 0.5) is 4.39 Å². The SMILES string of the molecule is Cc1c(CNC2CC2)noc1-c1ccc(F)cc1. The van der Waals surface area contributed by atoms with Crippen LogP contribution in [0.1, 0.15) is 24.1 Å². The molecule has 94 valence electrons. The molecule has 2 aromatic rings. The quantitative estimate of drug-likeness (QED) is 0.901. The highest BCUT2D eigenvalue weighted by Gasteiger charge is 2.22. The molecular weight excluding hydrogens is 231 g/mol. The van der Waals surface area contributed by atoms with E-state index >= 15 is 0 Å². The van der Waals surface area contributed by atoms with E-state index in [4.69, 9.17) is 4.52 Å². The van der Waals surface area contributed by atoms with Gasteiger partial charge in [-0.05, 0) is 44.0 Å². The molecule has 18 heavy (non-hydrogen) atoms. The molecule has 0 aliphatic heterocycles. The molecule has 1 aromatic carbocycles. The fourth-order valence-corrected chi connectivity index (χ4v) is 1.93. The van der Waals surface area contributed by atoms with Gasteiger partial charge < -0.3 is 9.84 Å². The van der Waals surface area contributed by atoms with Gasteiger partial charge in [0.25, 0.3) is 0 Å². The van der Waals surface area contributed by atoms with Crippen molar-refractivity contribution in [3.05, 3.63) is 41.3 Å². The number of hydrogen-bond acceptors (Lipinski definition) is 3. The van der Waals surface area contributed by atoms with E-state index in [0.717, 1.165) is 29.1 Å². The molecule has 1 heterocycles. The highest BCUT2D eigenvalue weighted by Crippen LogP contribution is 2.26. The van der Waals surface area contributed by atoms with E-state index in [0.29, 0.717) is 6.04 Å². The van der Waals surface area contributed by atoms with Crippen LogP contribution < -0.4 is 5.32 Å². The van der Waals surface area contributed by atoms with Crippen molar-refractivity contribution in [1.29, 1.82) is 0 Å². The van der Waals surface area contributed by atoms with Gasteiger partial charge in [-0.1, -0.05) is 5.16 Å². The smallest absolute Gasteiger partial charge is 0.170 e. The first-order valence-electron chi connectivity index (χ1n) is 6.18. The predicted octanol–water partition coefficient (Wildman–Crippen LogP) is 3.04. The summed E-state index contributed by atoms with van der Waals surface area (Å²) in [5, 5.41) is 7.49. The summed E-state index contributed by atoms with van der Waals surface area (Å²) in [6.07, 6.45) is 2.50. The maximum atomic E-state index is 12.9. The summed E-state index contributed by atoms with van der Waals surface area (Å²) in [4.78, 5) is 0. The maximum absolute atomic E-state index is 12.9. The Kier molecular flexibility index (Phi) is 2.88. The Labute approximate surface area is 105 Å². The average molecular weight is 246 g/mol. The third-order valence-electron chi connectivity index (χ3n) is 3.26. The van der Waals surface area contributed by atoms with Gasteiger partial charge in [0.15, 0.2) is 5.76 Å². The summed E-state index contributed by atoms with van der Waals surface area (Å²) in [5.41, 5.74) is 2.81. The number of rotatable bonds is 4. The maximum Gasteiger partial charge on any atom is 0.170 e. The first kappa shape index (κ1) is 11.4. The first-order valence-corrected chi connectivity index (χ1v) is 6.18. The summed E-state index contributed by atoms with van der Waals surface area (Å²) in [7, 11) is 0. The molecule has 1 N–H and O–H groups in total. The van der Waals surface area contributed by atoms with Gasteiger partial charge in [-0.2, -0.15) is 0 Å². The van der Waals surface area contributed by atoms with Gasteiger partial charge >= 0.3 is 0 Å². The lowest BCUT2D eigenvalue weighted by atomic mass is 10.1. The lowest BCUT2D eigenvalue weighted by molar-refractivity contribution is 0.419. The van der Waals surface area contributed by atoms with E-state index < -0.39 is 0 Å². The van der Waals surface area contributed by atoms with Gasteiger partial charge in [0, 0.05) is 23.7 Å². The molecule has 0 amide bonds. The van der Waals surface area contributed by atoms with E-state index in [2.05, 4.69) is 10.5 Å². The summed E-state index contributed by atoms with van der Waals surface area (Å²) in [6.45, 7) is 2.72. The lowest BCUT2D eigenvalue weighted by Crippen LogP contribution is -2.16. The standard InChI is InChI=1S/C14H15FN2O/c1-9-13(8-16-12-6-7-12)17-18-14(9)10-2-4-11(15)5-3-10/h2-5,12,16H,6-8H2,1H3. The summed E-state index contributed by atoms with van der Waals surface area (Å²) in [5.74, 6) is 0.481. The van der Waals surface area contributed by atoms with Gasteiger partial charge in [-0.25, -0.2) is 4.39 Å². The molecule has 0 radical (unpaired) electrons. The number of aromatic nitrogens is 1. The highest BCUT2D eigenvalue weighted by molar-refractivity contribution is 5.61. The number of nitrogens with one attached hydrogen (secondary N) is 1. The summed E-state index contributed by atoms with van der Waals surface area (Å²) >= 11 is 0. The van der Waals surface area contributed by atoms with Gasteiger partial charge in [0.1, 0.15) is 11.5 Å². The topological polar surface area (TPSA) is 38.1 Å². The second-order valence-corrected chi connectivity index (χ2v) is 4.75. The normalized spacial score (nSPS) is 15.0. The van der Waals surface area contributed by atoms with Gasteiger partial charge in [0.2, 0.25) is 0 Å². The molecule has 3 rings (SSSR count). The van der Waals surface area contributed by atoms with Crippen LogP contribution >= 0.6 is 0 Å². The Morgan fingerprint density at radius 3 is 2.72 bits per heavy atom. The van der Waals surface area contributed by atoms with Crippen LogP contribution in [0.15, 0.2) is 28.8 Å². The molecule has 1 fully saturated rings. The molecule has 0 bridgehead atoms. The minimum Gasteiger partial charge on any atom is -0.356 e. The number of hydrogen-bond donors (Lipinski definition) is 1. The van der Waals surface area contributed by atoms with E-state index in [1.165, 1.54) is 25.0 Å². The van der Waals surface area contributed by atoms with E-state index in [1.807, 2.05) is 6.92 Å². The second-order valence-electron chi connectivity index (χ2n) is 4.75. The molecular formula is C14H15FN2O. The van der Waals surface area contributed by atoms with Crippen LogP contribution in [-0.4, -0.2) is 11.2 Å². The van der Waals surface area contributed by atoms with Crippen molar-refractivity contribution in [1.82, 2.24) is 10.5 Å². The number of nitrogens with zero attached hydrogens (tertiary/aromatic N) is 1. The molecule has 3 nitrogen and oxygen atoms in total. The fraction of sp³-hybridized carbons (Fsp3) is 0.357. The molecule has 1 saturated carbocycles. The Balaban J connectivity index is 1.81. The molecule has 1 aliphatic rings. The Bertz CT molecular complexity index is 543. The van der Waals surface area contributed by atoms with Crippen molar-refractivity contribution in [3.8, 4) is 11.3 Å². The Morgan fingerprint density at radius 1 is 1.33 bits per heavy atom. The zero-order valence-corrected chi connectivity index (χ0v) is 10.2.